The lowest BCUT2D eigenvalue weighted by Crippen LogP contribution is -2.17. The summed E-state index contributed by atoms with van der Waals surface area (Å²) in [6, 6.07) is 0. The number of halogens is 1. The monoisotopic (exact) mass is 188 g/mol. The van der Waals surface area contributed by atoms with Crippen LogP contribution in [0.3, 0.4) is 0 Å². The molecule has 0 fully saturated rings. The number of alkyl halides is 1. The predicted octanol–water partition coefficient (Wildman–Crippen LogP) is 4.73. The molecule has 1 atom stereocenters. The molecule has 0 aliphatic rings. The van der Waals surface area contributed by atoms with Crippen LogP contribution in [0.1, 0.15) is 66.2 Å². The molecule has 13 heavy (non-hydrogen) atoms. The molecule has 0 saturated heterocycles. The number of rotatable bonds is 7. The molecule has 0 heterocycles. The van der Waals surface area contributed by atoms with Gasteiger partial charge in [-0.25, -0.2) is 4.39 Å². The molecule has 0 aliphatic heterocycles. The molecule has 0 bridgehead atoms. The van der Waals surface area contributed by atoms with Gasteiger partial charge in [-0.3, -0.25) is 0 Å². The van der Waals surface area contributed by atoms with E-state index in [2.05, 4.69) is 13.8 Å². The van der Waals surface area contributed by atoms with Gasteiger partial charge in [0.2, 0.25) is 0 Å². The smallest absolute Gasteiger partial charge is 0.108 e. The van der Waals surface area contributed by atoms with E-state index >= 15 is 0 Å². The zero-order chi connectivity index (χ0) is 10.3. The quantitative estimate of drug-likeness (QED) is 0.507. The molecule has 0 radical (unpaired) electrons. The molecule has 0 rings (SSSR count). The van der Waals surface area contributed by atoms with Crippen molar-refractivity contribution in [3.05, 3.63) is 0 Å². The molecule has 1 heteroatoms. The largest absolute Gasteiger partial charge is 0.244 e. The fourth-order valence-electron chi connectivity index (χ4n) is 1.69. The highest BCUT2D eigenvalue weighted by Gasteiger charge is 2.20. The molecule has 0 aliphatic carbocycles. The van der Waals surface area contributed by atoms with Crippen molar-refractivity contribution in [3.8, 4) is 0 Å². The maximum absolute atomic E-state index is 13.6. The highest BCUT2D eigenvalue weighted by molar-refractivity contribution is 4.72. The summed E-state index contributed by atoms with van der Waals surface area (Å²) >= 11 is 0. The summed E-state index contributed by atoms with van der Waals surface area (Å²) in [5.41, 5.74) is -0.911. The van der Waals surface area contributed by atoms with Crippen LogP contribution in [0.15, 0.2) is 0 Å². The highest BCUT2D eigenvalue weighted by atomic mass is 19.1. The summed E-state index contributed by atoms with van der Waals surface area (Å²) in [6.07, 6.45) is 5.88. The molecule has 0 N–H and O–H groups in total. The SMILES string of the molecule is CCCC(C)(F)CCCCC(C)C. The summed E-state index contributed by atoms with van der Waals surface area (Å²) < 4.78 is 13.6. The summed E-state index contributed by atoms with van der Waals surface area (Å²) in [5.74, 6) is 0.761. The van der Waals surface area contributed by atoms with Gasteiger partial charge in [-0.2, -0.15) is 0 Å². The van der Waals surface area contributed by atoms with E-state index < -0.39 is 5.67 Å². The standard InChI is InChI=1S/C12H25F/c1-5-9-12(4,13)10-7-6-8-11(2)3/h11H,5-10H2,1-4H3. The molecule has 0 aromatic carbocycles. The van der Waals surface area contributed by atoms with Crippen LogP contribution in [0.25, 0.3) is 0 Å². The first-order valence-corrected chi connectivity index (χ1v) is 5.67. The van der Waals surface area contributed by atoms with Crippen LogP contribution in [0.5, 0.6) is 0 Å². The summed E-state index contributed by atoms with van der Waals surface area (Å²) in [7, 11) is 0. The summed E-state index contributed by atoms with van der Waals surface area (Å²) in [5, 5.41) is 0. The number of unbranched alkanes of at least 4 members (excludes halogenated alkanes) is 1. The average molecular weight is 188 g/mol. The van der Waals surface area contributed by atoms with Gasteiger partial charge in [0.25, 0.3) is 0 Å². The predicted molar refractivity (Wildman–Crippen MR) is 57.7 cm³/mol. The molecule has 80 valence electrons. The zero-order valence-corrected chi connectivity index (χ0v) is 9.70. The summed E-state index contributed by atoms with van der Waals surface area (Å²) in [6.45, 7) is 8.24. The van der Waals surface area contributed by atoms with E-state index in [1.54, 1.807) is 6.92 Å². The van der Waals surface area contributed by atoms with E-state index in [0.717, 1.165) is 25.2 Å². The van der Waals surface area contributed by atoms with Crippen LogP contribution in [0.4, 0.5) is 4.39 Å². The first-order chi connectivity index (χ1) is 5.98. The van der Waals surface area contributed by atoms with E-state index in [1.165, 1.54) is 12.8 Å². The van der Waals surface area contributed by atoms with Crippen LogP contribution >= 0.6 is 0 Å². The third kappa shape index (κ3) is 8.27. The Labute approximate surface area is 82.9 Å². The van der Waals surface area contributed by atoms with E-state index in [1.807, 2.05) is 6.92 Å². The van der Waals surface area contributed by atoms with Crippen molar-refractivity contribution in [2.75, 3.05) is 0 Å². The lowest BCUT2D eigenvalue weighted by atomic mass is 9.94. The van der Waals surface area contributed by atoms with E-state index in [-0.39, 0.29) is 0 Å². The first kappa shape index (κ1) is 12.9. The topological polar surface area (TPSA) is 0 Å². The first-order valence-electron chi connectivity index (χ1n) is 5.67. The Morgan fingerprint density at radius 2 is 1.77 bits per heavy atom. The van der Waals surface area contributed by atoms with Crippen molar-refractivity contribution in [1.29, 1.82) is 0 Å². The van der Waals surface area contributed by atoms with Gasteiger partial charge in [-0.05, 0) is 25.7 Å². The maximum atomic E-state index is 13.6. The molecule has 0 amide bonds. The van der Waals surface area contributed by atoms with Crippen molar-refractivity contribution in [2.24, 2.45) is 5.92 Å². The minimum atomic E-state index is -0.911. The second-order valence-corrected chi connectivity index (χ2v) is 4.80. The molecule has 0 spiro atoms. The van der Waals surface area contributed by atoms with Crippen molar-refractivity contribution in [1.82, 2.24) is 0 Å². The van der Waals surface area contributed by atoms with Gasteiger partial charge >= 0.3 is 0 Å². The zero-order valence-electron chi connectivity index (χ0n) is 9.70. The van der Waals surface area contributed by atoms with Crippen molar-refractivity contribution < 1.29 is 4.39 Å². The highest BCUT2D eigenvalue weighted by Crippen LogP contribution is 2.25. The number of hydrogen-bond donors (Lipinski definition) is 0. The third-order valence-electron chi connectivity index (χ3n) is 2.50. The Balaban J connectivity index is 3.40. The van der Waals surface area contributed by atoms with Gasteiger partial charge in [0, 0.05) is 0 Å². The van der Waals surface area contributed by atoms with Gasteiger partial charge in [0.15, 0.2) is 0 Å². The van der Waals surface area contributed by atoms with E-state index in [4.69, 9.17) is 0 Å². The van der Waals surface area contributed by atoms with Crippen molar-refractivity contribution >= 4 is 0 Å². The van der Waals surface area contributed by atoms with Gasteiger partial charge in [0.1, 0.15) is 5.67 Å². The van der Waals surface area contributed by atoms with Crippen LogP contribution in [0, 0.1) is 5.92 Å². The Kier molecular flexibility index (Phi) is 6.36. The fraction of sp³-hybridized carbons (Fsp3) is 1.00. The second kappa shape index (κ2) is 6.39. The molecule has 0 nitrogen and oxygen atoms in total. The molecule has 0 saturated carbocycles. The average Bonchev–Trinajstić information content (AvgIpc) is 1.98. The van der Waals surface area contributed by atoms with Crippen LogP contribution in [-0.4, -0.2) is 5.67 Å². The Morgan fingerprint density at radius 1 is 1.15 bits per heavy atom. The Bertz CT molecular complexity index is 116. The molecular formula is C12H25F. The van der Waals surface area contributed by atoms with E-state index in [9.17, 15) is 4.39 Å². The van der Waals surface area contributed by atoms with Gasteiger partial charge in [0.05, 0.1) is 0 Å². The molecule has 0 aromatic heterocycles. The van der Waals surface area contributed by atoms with Crippen molar-refractivity contribution in [2.45, 2.75) is 71.9 Å². The van der Waals surface area contributed by atoms with E-state index in [0.29, 0.717) is 6.42 Å². The number of hydrogen-bond acceptors (Lipinski definition) is 0. The second-order valence-electron chi connectivity index (χ2n) is 4.80. The van der Waals surface area contributed by atoms with Gasteiger partial charge < -0.3 is 0 Å². The Morgan fingerprint density at radius 3 is 2.23 bits per heavy atom. The van der Waals surface area contributed by atoms with Crippen LogP contribution in [-0.2, 0) is 0 Å². The lowest BCUT2D eigenvalue weighted by Gasteiger charge is -2.19. The van der Waals surface area contributed by atoms with Crippen molar-refractivity contribution in [3.63, 3.8) is 0 Å². The van der Waals surface area contributed by atoms with Gasteiger partial charge in [-0.1, -0.05) is 46.5 Å². The molecule has 1 unspecified atom stereocenters. The lowest BCUT2D eigenvalue weighted by molar-refractivity contribution is 0.154. The molecule has 0 aromatic rings. The normalized spacial score (nSPS) is 16.2. The van der Waals surface area contributed by atoms with Gasteiger partial charge in [-0.15, -0.1) is 0 Å². The van der Waals surface area contributed by atoms with Crippen LogP contribution in [0.2, 0.25) is 0 Å². The third-order valence-corrected chi connectivity index (χ3v) is 2.50. The Hall–Kier alpha value is -0.0700. The maximum Gasteiger partial charge on any atom is 0.108 e. The van der Waals surface area contributed by atoms with Crippen LogP contribution < -0.4 is 0 Å². The fourth-order valence-corrected chi connectivity index (χ4v) is 1.69. The molecular weight excluding hydrogens is 163 g/mol. The minimum Gasteiger partial charge on any atom is -0.244 e. The summed E-state index contributed by atoms with van der Waals surface area (Å²) in [4.78, 5) is 0. The minimum absolute atomic E-state index is 0.717.